The molecule has 0 unspecified atom stereocenters. The molecular formula is C21H30FeO12. The number of carbonyl (C=O) groups excluding carboxylic acids is 6. The quantitative estimate of drug-likeness (QED) is 0.155. The summed E-state index contributed by atoms with van der Waals surface area (Å²) in [5, 5.41) is 24.3. The molecule has 0 aliphatic heterocycles. The molecule has 0 saturated carbocycles. The van der Waals surface area contributed by atoms with Crippen molar-refractivity contribution in [1.82, 2.24) is 0 Å². The number of aliphatic carboxylic acids is 3. The molecule has 0 fully saturated rings. The van der Waals surface area contributed by atoms with E-state index in [2.05, 4.69) is 0 Å². The van der Waals surface area contributed by atoms with E-state index in [9.17, 15) is 43.2 Å². The van der Waals surface area contributed by atoms with Gasteiger partial charge in [-0.1, -0.05) is 20.8 Å². The van der Waals surface area contributed by atoms with E-state index in [-0.39, 0.29) is 53.7 Å². The van der Waals surface area contributed by atoms with Crippen LogP contribution in [0.1, 0.15) is 78.6 Å². The van der Waals surface area contributed by atoms with Gasteiger partial charge in [0.15, 0.2) is 0 Å². The van der Waals surface area contributed by atoms with Crippen LogP contribution in [-0.2, 0) is 60.2 Å². The maximum Gasteiger partial charge on any atom is 0.372 e. The van der Waals surface area contributed by atoms with Crippen LogP contribution in [0.2, 0.25) is 0 Å². The predicted molar refractivity (Wildman–Crippen MR) is 112 cm³/mol. The molecule has 0 aromatic heterocycles. The topological polar surface area (TPSA) is 214 Å². The fraction of sp³-hybridized carbons (Fsp3) is 0.571. The Kier molecular flexibility index (Phi) is 26.0. The van der Waals surface area contributed by atoms with Crippen LogP contribution in [0.4, 0.5) is 0 Å². The van der Waals surface area contributed by atoms with Gasteiger partial charge in [-0.3, -0.25) is 28.8 Å². The van der Waals surface area contributed by atoms with Crippen LogP contribution in [0.15, 0.2) is 0 Å². The number of hydrogen-bond acceptors (Lipinski definition) is 9. The van der Waals surface area contributed by atoms with Crippen LogP contribution >= 0.6 is 0 Å². The number of rotatable bonds is 15. The van der Waals surface area contributed by atoms with Crippen LogP contribution in [0.5, 0.6) is 0 Å². The Morgan fingerprint density at radius 1 is 0.441 bits per heavy atom. The molecule has 0 amide bonds. The molecule has 0 saturated heterocycles. The number of hydrogen-bond donors (Lipinski definition) is 3. The molecule has 0 aromatic rings. The smallest absolute Gasteiger partial charge is 0.372 e. The normalized spacial score (nSPS) is 8.91. The van der Waals surface area contributed by atoms with Crippen molar-refractivity contribution in [3.63, 3.8) is 0 Å². The third-order valence-electron chi connectivity index (χ3n) is 3.38. The van der Waals surface area contributed by atoms with Gasteiger partial charge in [0.2, 0.25) is 17.3 Å². The number of carbonyl (C=O) groups is 9. The van der Waals surface area contributed by atoms with Gasteiger partial charge < -0.3 is 15.3 Å². The fourth-order valence-corrected chi connectivity index (χ4v) is 1.87. The van der Waals surface area contributed by atoms with Gasteiger partial charge in [0.25, 0.3) is 0 Å². The van der Waals surface area contributed by atoms with Crippen molar-refractivity contribution in [2.75, 3.05) is 0 Å². The summed E-state index contributed by atoms with van der Waals surface area (Å²) in [7, 11) is 0. The van der Waals surface area contributed by atoms with E-state index in [4.69, 9.17) is 15.3 Å². The van der Waals surface area contributed by atoms with Crippen molar-refractivity contribution in [3.05, 3.63) is 0 Å². The summed E-state index contributed by atoms with van der Waals surface area (Å²) >= 11 is 0. The Labute approximate surface area is 206 Å². The van der Waals surface area contributed by atoms with E-state index in [0.29, 0.717) is 19.3 Å². The number of carboxylic acids is 3. The second-order valence-corrected chi connectivity index (χ2v) is 6.58. The average Bonchev–Trinajstić information content (AvgIpc) is 2.69. The van der Waals surface area contributed by atoms with Crippen LogP contribution in [-0.4, -0.2) is 67.9 Å². The average molecular weight is 530 g/mol. The Morgan fingerprint density at radius 2 is 0.618 bits per heavy atom. The zero-order chi connectivity index (χ0) is 26.6. The van der Waals surface area contributed by atoms with Gasteiger partial charge in [0.1, 0.15) is 17.3 Å². The van der Waals surface area contributed by atoms with Crippen LogP contribution in [0.3, 0.4) is 0 Å². The van der Waals surface area contributed by atoms with Gasteiger partial charge in [-0.2, -0.15) is 0 Å². The first kappa shape index (κ1) is 38.2. The first-order valence-corrected chi connectivity index (χ1v) is 10.1. The molecule has 0 spiro atoms. The minimum atomic E-state index is -1.53. The molecule has 0 aliphatic carbocycles. The molecule has 0 radical (unpaired) electrons. The van der Waals surface area contributed by atoms with Crippen molar-refractivity contribution in [3.8, 4) is 0 Å². The summed E-state index contributed by atoms with van der Waals surface area (Å²) in [5.41, 5.74) is 0. The molecule has 12 nitrogen and oxygen atoms in total. The van der Waals surface area contributed by atoms with Crippen LogP contribution in [0, 0.1) is 0 Å². The summed E-state index contributed by atoms with van der Waals surface area (Å²) in [4.78, 5) is 93.1. The van der Waals surface area contributed by atoms with Crippen molar-refractivity contribution in [2.24, 2.45) is 0 Å². The molecule has 194 valence electrons. The van der Waals surface area contributed by atoms with Gasteiger partial charge in [-0.05, 0) is 19.3 Å². The molecule has 0 bridgehead atoms. The van der Waals surface area contributed by atoms with Gasteiger partial charge in [-0.15, -0.1) is 0 Å². The molecule has 0 atom stereocenters. The van der Waals surface area contributed by atoms with Crippen LogP contribution in [0.25, 0.3) is 0 Å². The molecule has 0 heterocycles. The van der Waals surface area contributed by atoms with Gasteiger partial charge in [0.05, 0.1) is 19.3 Å². The van der Waals surface area contributed by atoms with E-state index < -0.39 is 54.5 Å². The maximum atomic E-state index is 10.7. The van der Waals surface area contributed by atoms with Crippen molar-refractivity contribution < 1.29 is 75.5 Å². The second-order valence-electron chi connectivity index (χ2n) is 6.58. The first-order chi connectivity index (χ1) is 15.2. The summed E-state index contributed by atoms with van der Waals surface area (Å²) in [5.74, 6) is -8.59. The molecule has 0 aromatic carbocycles. The zero-order valence-corrected chi connectivity index (χ0v) is 20.3. The first-order valence-electron chi connectivity index (χ1n) is 10.1. The minimum Gasteiger partial charge on any atom is -0.475 e. The fourth-order valence-electron chi connectivity index (χ4n) is 1.87. The monoisotopic (exact) mass is 530 g/mol. The Hall–Kier alpha value is -3.05. The summed E-state index contributed by atoms with van der Waals surface area (Å²) < 4.78 is 0. The van der Waals surface area contributed by atoms with Gasteiger partial charge in [0, 0.05) is 36.3 Å². The van der Waals surface area contributed by atoms with E-state index in [0.717, 1.165) is 0 Å². The molecule has 3 N–H and O–H groups in total. The maximum absolute atomic E-state index is 10.7. The Morgan fingerprint density at radius 3 is 0.735 bits per heavy atom. The van der Waals surface area contributed by atoms with Crippen LogP contribution < -0.4 is 0 Å². The van der Waals surface area contributed by atoms with Crippen molar-refractivity contribution >= 4 is 52.6 Å². The predicted octanol–water partition coefficient (Wildman–Crippen LogP) is 1.20. The second kappa shape index (κ2) is 23.1. The summed E-state index contributed by atoms with van der Waals surface area (Å²) in [6.07, 6.45) is 1.36. The number of Topliss-reactive ketones (excluding diaryl/α,β-unsaturated/α-hetero) is 6. The molecular weight excluding hydrogens is 500 g/mol. The van der Waals surface area contributed by atoms with Crippen molar-refractivity contribution in [2.45, 2.75) is 78.6 Å². The third-order valence-corrected chi connectivity index (χ3v) is 3.38. The molecule has 0 rings (SSSR count). The summed E-state index contributed by atoms with van der Waals surface area (Å²) in [6, 6.07) is 0. The van der Waals surface area contributed by atoms with E-state index in [1.165, 1.54) is 0 Å². The summed E-state index contributed by atoms with van der Waals surface area (Å²) in [6.45, 7) is 5.38. The Bertz CT molecular complexity index is 655. The van der Waals surface area contributed by atoms with E-state index >= 15 is 0 Å². The SMILES string of the molecule is CCCC(=O)CC(=O)C(=O)O.CCCC(=O)CC(=O)C(=O)O.CCCC(=O)CC(=O)C(=O)O.[Fe]. The van der Waals surface area contributed by atoms with Gasteiger partial charge >= 0.3 is 17.9 Å². The third kappa shape index (κ3) is 25.2. The molecule has 0 aliphatic rings. The van der Waals surface area contributed by atoms with Gasteiger partial charge in [-0.25, -0.2) is 14.4 Å². The van der Waals surface area contributed by atoms with Crippen molar-refractivity contribution in [1.29, 1.82) is 0 Å². The largest absolute Gasteiger partial charge is 0.475 e. The van der Waals surface area contributed by atoms with E-state index in [1.807, 2.05) is 0 Å². The van der Waals surface area contributed by atoms with E-state index in [1.54, 1.807) is 20.8 Å². The number of ketones is 6. The Balaban J connectivity index is -0.000000196. The molecule has 34 heavy (non-hydrogen) atoms. The minimum absolute atomic E-state index is 0. The zero-order valence-electron chi connectivity index (χ0n) is 19.2. The standard InChI is InChI=1S/3C7H10O4.Fe/c3*1-2-3-5(8)4-6(9)7(10)11;/h3*2-4H2,1H3,(H,10,11);. The molecule has 13 heteroatoms. The number of carboxylic acid groups (broad SMARTS) is 3.